The van der Waals surface area contributed by atoms with Gasteiger partial charge in [0.25, 0.3) is 0 Å². The van der Waals surface area contributed by atoms with Crippen molar-refractivity contribution in [2.24, 2.45) is 11.8 Å². The summed E-state index contributed by atoms with van der Waals surface area (Å²) in [6.45, 7) is 7.67. The molecule has 1 unspecified atom stereocenters. The van der Waals surface area contributed by atoms with Gasteiger partial charge in [-0.15, -0.1) is 0 Å². The van der Waals surface area contributed by atoms with Gasteiger partial charge in [-0.2, -0.15) is 0 Å². The maximum absolute atomic E-state index is 12.5. The molecule has 2 N–H and O–H groups in total. The van der Waals surface area contributed by atoms with Crippen molar-refractivity contribution in [1.82, 2.24) is 9.91 Å². The van der Waals surface area contributed by atoms with Crippen LogP contribution in [0.5, 0.6) is 0 Å². The van der Waals surface area contributed by atoms with Gasteiger partial charge in [-0.05, 0) is 25.2 Å². The van der Waals surface area contributed by atoms with E-state index in [1.807, 2.05) is 30.3 Å². The highest BCUT2D eigenvalue weighted by Crippen LogP contribution is 2.25. The quantitative estimate of drug-likeness (QED) is 0.464. The summed E-state index contributed by atoms with van der Waals surface area (Å²) in [7, 11) is 0. The Labute approximate surface area is 137 Å². The maximum Gasteiger partial charge on any atom is 0.241 e. The molecule has 2 rings (SSSR count). The molecule has 0 aliphatic carbocycles. The molecule has 0 bridgehead atoms. The van der Waals surface area contributed by atoms with E-state index in [-0.39, 0.29) is 24.2 Å². The fourth-order valence-corrected chi connectivity index (χ4v) is 2.86. The first-order chi connectivity index (χ1) is 11.1. The average molecular weight is 318 g/mol. The predicted octanol–water partition coefficient (Wildman–Crippen LogP) is 1.08. The first kappa shape index (κ1) is 17.4. The minimum Gasteiger partial charge on any atom is -0.312 e. The molecular formula is C17H26N4O2. The van der Waals surface area contributed by atoms with Gasteiger partial charge in [-0.1, -0.05) is 32.0 Å². The molecule has 0 spiro atoms. The van der Waals surface area contributed by atoms with Gasteiger partial charge in [0.15, 0.2) is 0 Å². The van der Waals surface area contributed by atoms with Crippen molar-refractivity contribution in [3.63, 3.8) is 0 Å². The Morgan fingerprint density at radius 2 is 1.87 bits per heavy atom. The van der Waals surface area contributed by atoms with Gasteiger partial charge in [0.1, 0.15) is 0 Å². The van der Waals surface area contributed by atoms with E-state index in [4.69, 9.17) is 5.84 Å². The maximum atomic E-state index is 12.5. The van der Waals surface area contributed by atoms with E-state index in [2.05, 4.69) is 18.7 Å². The summed E-state index contributed by atoms with van der Waals surface area (Å²) < 4.78 is 0. The van der Waals surface area contributed by atoms with Crippen molar-refractivity contribution in [1.29, 1.82) is 0 Å². The number of hydrogen-bond donors (Lipinski definition) is 1. The lowest BCUT2D eigenvalue weighted by Crippen LogP contribution is -2.46. The van der Waals surface area contributed by atoms with Crippen molar-refractivity contribution in [2.75, 3.05) is 37.6 Å². The number of amides is 2. The second-order valence-corrected chi connectivity index (χ2v) is 5.80. The zero-order valence-corrected chi connectivity index (χ0v) is 13.9. The molecule has 1 aliphatic heterocycles. The normalized spacial score (nSPS) is 17.8. The minimum absolute atomic E-state index is 0.0216. The van der Waals surface area contributed by atoms with E-state index in [1.165, 1.54) is 5.01 Å². The molecule has 6 heteroatoms. The molecule has 2 amide bonds. The van der Waals surface area contributed by atoms with Crippen molar-refractivity contribution in [2.45, 2.75) is 20.3 Å². The topological polar surface area (TPSA) is 69.9 Å². The van der Waals surface area contributed by atoms with Gasteiger partial charge >= 0.3 is 0 Å². The molecule has 6 nitrogen and oxygen atoms in total. The van der Waals surface area contributed by atoms with Crippen LogP contribution in [-0.4, -0.2) is 54.4 Å². The number of carbonyl (C=O) groups excluding carboxylic acids is 2. The van der Waals surface area contributed by atoms with Crippen LogP contribution in [-0.2, 0) is 9.59 Å². The van der Waals surface area contributed by atoms with Gasteiger partial charge in [0.2, 0.25) is 11.8 Å². The van der Waals surface area contributed by atoms with Crippen molar-refractivity contribution in [3.8, 4) is 0 Å². The summed E-state index contributed by atoms with van der Waals surface area (Å²) in [6, 6.07) is 9.44. The molecule has 0 aromatic heterocycles. The molecule has 23 heavy (non-hydrogen) atoms. The van der Waals surface area contributed by atoms with E-state index in [9.17, 15) is 9.59 Å². The molecule has 0 radical (unpaired) electrons. The standard InChI is InChI=1S/C17H26N4O2/c1-3-19(4-2)10-11-21(18)17(23)14-12-16(22)20(13-14)15-8-6-5-7-9-15/h5-9,14H,3-4,10-13,18H2,1-2H3. The summed E-state index contributed by atoms with van der Waals surface area (Å²) in [6.07, 6.45) is 0.229. The Kier molecular flexibility index (Phi) is 6.12. The van der Waals surface area contributed by atoms with Crippen LogP contribution in [0.4, 0.5) is 5.69 Å². The third-order valence-electron chi connectivity index (χ3n) is 4.38. The van der Waals surface area contributed by atoms with Gasteiger partial charge in [-0.3, -0.25) is 14.6 Å². The zero-order chi connectivity index (χ0) is 16.8. The van der Waals surface area contributed by atoms with E-state index >= 15 is 0 Å². The number of hydrogen-bond acceptors (Lipinski definition) is 4. The molecule has 1 aliphatic rings. The Morgan fingerprint density at radius 3 is 2.48 bits per heavy atom. The van der Waals surface area contributed by atoms with E-state index in [0.717, 1.165) is 25.3 Å². The first-order valence-corrected chi connectivity index (χ1v) is 8.20. The summed E-state index contributed by atoms with van der Waals surface area (Å²) in [5.74, 6) is 5.38. The highest BCUT2D eigenvalue weighted by atomic mass is 16.2. The van der Waals surface area contributed by atoms with Crippen LogP contribution in [0.25, 0.3) is 0 Å². The third-order valence-corrected chi connectivity index (χ3v) is 4.38. The van der Waals surface area contributed by atoms with Gasteiger partial charge < -0.3 is 9.80 Å². The smallest absolute Gasteiger partial charge is 0.241 e. The number of carbonyl (C=O) groups is 2. The number of para-hydroxylation sites is 1. The lowest BCUT2D eigenvalue weighted by molar-refractivity contribution is -0.136. The molecule has 1 saturated heterocycles. The number of benzene rings is 1. The molecule has 1 atom stereocenters. The summed E-state index contributed by atoms with van der Waals surface area (Å²) in [5.41, 5.74) is 0.833. The Morgan fingerprint density at radius 1 is 1.22 bits per heavy atom. The van der Waals surface area contributed by atoms with Crippen molar-refractivity contribution >= 4 is 17.5 Å². The number of rotatable bonds is 7. The molecule has 1 fully saturated rings. The van der Waals surface area contributed by atoms with E-state index < -0.39 is 0 Å². The van der Waals surface area contributed by atoms with Crippen LogP contribution in [0.15, 0.2) is 30.3 Å². The first-order valence-electron chi connectivity index (χ1n) is 8.20. The monoisotopic (exact) mass is 318 g/mol. The second-order valence-electron chi connectivity index (χ2n) is 5.80. The van der Waals surface area contributed by atoms with Crippen LogP contribution in [0.1, 0.15) is 20.3 Å². The number of nitrogens with two attached hydrogens (primary N) is 1. The van der Waals surface area contributed by atoms with E-state index in [0.29, 0.717) is 13.1 Å². The van der Waals surface area contributed by atoms with Gasteiger partial charge in [-0.25, -0.2) is 5.84 Å². The Hall–Kier alpha value is -1.92. The molecule has 0 saturated carbocycles. The van der Waals surface area contributed by atoms with Crippen LogP contribution >= 0.6 is 0 Å². The zero-order valence-electron chi connectivity index (χ0n) is 13.9. The molecule has 1 aromatic carbocycles. The number of hydrazine groups is 1. The number of nitrogens with zero attached hydrogens (tertiary/aromatic N) is 3. The fraction of sp³-hybridized carbons (Fsp3) is 0.529. The molecule has 1 aromatic rings. The number of anilines is 1. The van der Waals surface area contributed by atoms with E-state index in [1.54, 1.807) is 4.90 Å². The highest BCUT2D eigenvalue weighted by Gasteiger charge is 2.36. The van der Waals surface area contributed by atoms with Crippen LogP contribution in [0.3, 0.4) is 0 Å². The Bertz CT molecular complexity index is 531. The van der Waals surface area contributed by atoms with Crippen LogP contribution in [0.2, 0.25) is 0 Å². The molecule has 126 valence electrons. The third kappa shape index (κ3) is 4.30. The van der Waals surface area contributed by atoms with Gasteiger partial charge in [0, 0.05) is 31.7 Å². The lowest BCUT2D eigenvalue weighted by Gasteiger charge is -2.24. The van der Waals surface area contributed by atoms with Crippen LogP contribution in [0, 0.1) is 5.92 Å². The largest absolute Gasteiger partial charge is 0.312 e. The Balaban J connectivity index is 1.92. The average Bonchev–Trinajstić information content (AvgIpc) is 2.97. The summed E-state index contributed by atoms with van der Waals surface area (Å²) in [4.78, 5) is 28.5. The SMILES string of the molecule is CCN(CC)CCN(N)C(=O)C1CC(=O)N(c2ccccc2)C1. The highest BCUT2D eigenvalue weighted by molar-refractivity contribution is 6.00. The van der Waals surface area contributed by atoms with Crippen molar-refractivity contribution in [3.05, 3.63) is 30.3 Å². The van der Waals surface area contributed by atoms with Crippen LogP contribution < -0.4 is 10.7 Å². The van der Waals surface area contributed by atoms with Crippen molar-refractivity contribution < 1.29 is 9.59 Å². The van der Waals surface area contributed by atoms with Gasteiger partial charge in [0.05, 0.1) is 5.92 Å². The molecular weight excluding hydrogens is 292 g/mol. The lowest BCUT2D eigenvalue weighted by atomic mass is 10.1. The molecule has 1 heterocycles. The number of likely N-dealkylation sites (N-methyl/N-ethyl adjacent to an activating group) is 1. The predicted molar refractivity (Wildman–Crippen MR) is 90.6 cm³/mol. The summed E-state index contributed by atoms with van der Waals surface area (Å²) >= 11 is 0. The minimum atomic E-state index is -0.357. The second kappa shape index (κ2) is 8.08. The summed E-state index contributed by atoms with van der Waals surface area (Å²) in [5, 5.41) is 1.27. The fourth-order valence-electron chi connectivity index (χ4n) is 2.86.